The molecule has 8 rings (SSSR count). The highest BCUT2D eigenvalue weighted by Crippen LogP contribution is 2.47. The molecule has 2 aliphatic heterocycles. The van der Waals surface area contributed by atoms with E-state index in [9.17, 15) is 9.50 Å². The molecule has 1 aromatic carbocycles. The number of pyridine rings is 2. The molecule has 0 spiro atoms. The van der Waals surface area contributed by atoms with Crippen molar-refractivity contribution in [2.24, 2.45) is 0 Å². The Labute approximate surface area is 234 Å². The topological polar surface area (TPSA) is 103 Å². The number of benzene rings is 1. The van der Waals surface area contributed by atoms with Gasteiger partial charge < -0.3 is 20.3 Å². The Morgan fingerprint density at radius 3 is 2.85 bits per heavy atom. The van der Waals surface area contributed by atoms with E-state index in [-0.39, 0.29) is 11.9 Å². The minimum atomic E-state index is -0.786. The molecular weight excluding hydrogens is 529 g/mol. The summed E-state index contributed by atoms with van der Waals surface area (Å²) in [6.07, 6.45) is 9.30. The maximum Gasteiger partial charge on any atom is 0.163 e. The highest BCUT2D eigenvalue weighted by Gasteiger charge is 2.48. The molecular formula is C30H27ClFN7O. The summed E-state index contributed by atoms with van der Waals surface area (Å²) in [5.74, 6) is 1.52. The number of rotatable bonds is 4. The van der Waals surface area contributed by atoms with Crippen LogP contribution in [-0.4, -0.2) is 61.3 Å². The van der Waals surface area contributed by atoms with Gasteiger partial charge in [0.15, 0.2) is 5.82 Å². The van der Waals surface area contributed by atoms with Crippen molar-refractivity contribution in [3.05, 3.63) is 65.3 Å². The third-order valence-corrected chi connectivity index (χ3v) is 9.03. The lowest BCUT2D eigenvalue weighted by Gasteiger charge is -2.39. The van der Waals surface area contributed by atoms with Gasteiger partial charge in [-0.1, -0.05) is 11.6 Å². The summed E-state index contributed by atoms with van der Waals surface area (Å²) in [6.45, 7) is 2.16. The Morgan fingerprint density at radius 2 is 1.98 bits per heavy atom. The highest BCUT2D eigenvalue weighted by atomic mass is 35.5. The second-order valence-corrected chi connectivity index (χ2v) is 11.6. The van der Waals surface area contributed by atoms with Crippen molar-refractivity contribution in [1.29, 1.82) is 0 Å². The van der Waals surface area contributed by atoms with Crippen LogP contribution < -0.4 is 10.2 Å². The van der Waals surface area contributed by atoms with Crippen LogP contribution in [0.3, 0.4) is 0 Å². The van der Waals surface area contributed by atoms with Crippen LogP contribution in [-0.2, 0) is 0 Å². The van der Waals surface area contributed by atoms with Crippen molar-refractivity contribution >= 4 is 39.4 Å². The average molecular weight is 556 g/mol. The number of hydrogen-bond acceptors (Lipinski definition) is 7. The second-order valence-electron chi connectivity index (χ2n) is 11.2. The number of aliphatic hydroxyl groups is 1. The van der Waals surface area contributed by atoms with E-state index in [1.807, 2.05) is 24.5 Å². The molecule has 3 N–H and O–H groups in total. The van der Waals surface area contributed by atoms with Gasteiger partial charge in [0, 0.05) is 53.1 Å². The number of piperidine rings is 1. The SMILES string of the molecule is O[C@]12CCN(c3nc(-c4ccnc5[nH]c(-c6cc(F)ccc6Cl)cc45)nc4cncc(C5CC5)c34)C1CCNC2. The van der Waals surface area contributed by atoms with Crippen molar-refractivity contribution < 1.29 is 9.50 Å². The van der Waals surface area contributed by atoms with Crippen molar-refractivity contribution in [2.75, 3.05) is 24.5 Å². The first-order valence-electron chi connectivity index (χ1n) is 13.8. The largest absolute Gasteiger partial charge is 0.386 e. The molecule has 1 aliphatic carbocycles. The predicted molar refractivity (Wildman–Crippen MR) is 153 cm³/mol. The van der Waals surface area contributed by atoms with Gasteiger partial charge in [0.25, 0.3) is 0 Å². The lowest BCUT2D eigenvalue weighted by atomic mass is 9.89. The van der Waals surface area contributed by atoms with E-state index in [0.29, 0.717) is 46.6 Å². The minimum Gasteiger partial charge on any atom is -0.386 e. The van der Waals surface area contributed by atoms with Crippen LogP contribution in [0.15, 0.2) is 48.9 Å². The third kappa shape index (κ3) is 3.79. The molecule has 0 radical (unpaired) electrons. The van der Waals surface area contributed by atoms with Crippen molar-refractivity contribution in [1.82, 2.24) is 30.2 Å². The minimum absolute atomic E-state index is 0.0219. The number of halogens is 2. The first-order chi connectivity index (χ1) is 19.5. The number of β-amino-alcohol motifs (C(OH)–C–C–N with tert-alkyl or cyclic N) is 1. The number of nitrogens with one attached hydrogen (secondary N) is 2. The van der Waals surface area contributed by atoms with Gasteiger partial charge in [-0.3, -0.25) is 4.98 Å². The molecule has 6 heterocycles. The van der Waals surface area contributed by atoms with Gasteiger partial charge in [-0.15, -0.1) is 0 Å². The Morgan fingerprint density at radius 1 is 1.07 bits per heavy atom. The molecule has 3 fully saturated rings. The zero-order valence-corrected chi connectivity index (χ0v) is 22.4. The molecule has 2 saturated heterocycles. The number of H-pyrrole nitrogens is 1. The summed E-state index contributed by atoms with van der Waals surface area (Å²) in [6, 6.07) is 8.11. The molecule has 0 bridgehead atoms. The molecule has 3 aliphatic rings. The van der Waals surface area contributed by atoms with E-state index >= 15 is 0 Å². The van der Waals surface area contributed by atoms with Crippen LogP contribution in [0.4, 0.5) is 10.2 Å². The summed E-state index contributed by atoms with van der Waals surface area (Å²) in [4.78, 5) is 24.9. The summed E-state index contributed by atoms with van der Waals surface area (Å²) >= 11 is 6.42. The lowest BCUT2D eigenvalue weighted by molar-refractivity contribution is 0.0159. The number of aromatic nitrogens is 5. The smallest absolute Gasteiger partial charge is 0.163 e. The molecule has 10 heteroatoms. The van der Waals surface area contributed by atoms with E-state index in [1.54, 1.807) is 12.3 Å². The van der Waals surface area contributed by atoms with E-state index in [1.165, 1.54) is 17.7 Å². The van der Waals surface area contributed by atoms with Gasteiger partial charge in [0.05, 0.1) is 28.4 Å². The van der Waals surface area contributed by atoms with Gasteiger partial charge in [0.2, 0.25) is 0 Å². The van der Waals surface area contributed by atoms with E-state index in [0.717, 1.165) is 60.0 Å². The summed E-state index contributed by atoms with van der Waals surface area (Å²) in [5, 5.41) is 17.1. The van der Waals surface area contributed by atoms with Crippen LogP contribution in [0, 0.1) is 5.82 Å². The van der Waals surface area contributed by atoms with Crippen molar-refractivity contribution in [2.45, 2.75) is 43.2 Å². The van der Waals surface area contributed by atoms with Crippen LogP contribution >= 0.6 is 11.6 Å². The zero-order chi connectivity index (χ0) is 27.0. The molecule has 8 nitrogen and oxygen atoms in total. The first-order valence-corrected chi connectivity index (χ1v) is 14.2. The normalized spacial score (nSPS) is 22.8. The van der Waals surface area contributed by atoms with Crippen LogP contribution in [0.2, 0.25) is 5.02 Å². The van der Waals surface area contributed by atoms with Gasteiger partial charge in [-0.2, -0.15) is 0 Å². The first kappa shape index (κ1) is 24.2. The Balaban J connectivity index is 1.33. The second kappa shape index (κ2) is 8.92. The monoisotopic (exact) mass is 555 g/mol. The molecule has 5 aromatic rings. The number of nitrogens with zero attached hydrogens (tertiary/aromatic N) is 5. The molecule has 0 amide bonds. The van der Waals surface area contributed by atoms with Crippen LogP contribution in [0.5, 0.6) is 0 Å². The Hall–Kier alpha value is -3.66. The molecule has 40 heavy (non-hydrogen) atoms. The lowest BCUT2D eigenvalue weighted by Crippen LogP contribution is -2.56. The van der Waals surface area contributed by atoms with Crippen LogP contribution in [0.1, 0.15) is 37.2 Å². The average Bonchev–Trinajstić information content (AvgIpc) is 3.62. The maximum absolute atomic E-state index is 14.1. The molecule has 1 unspecified atom stereocenters. The number of aromatic amines is 1. The quantitative estimate of drug-likeness (QED) is 0.280. The third-order valence-electron chi connectivity index (χ3n) is 8.71. The summed E-state index contributed by atoms with van der Waals surface area (Å²) in [5.41, 5.74) is 3.86. The zero-order valence-electron chi connectivity index (χ0n) is 21.7. The van der Waals surface area contributed by atoms with E-state index in [2.05, 4.69) is 25.2 Å². The van der Waals surface area contributed by atoms with Gasteiger partial charge in [0.1, 0.15) is 17.3 Å². The number of anilines is 1. The number of fused-ring (bicyclic) bond motifs is 3. The molecule has 2 atom stereocenters. The fraction of sp³-hybridized carbons (Fsp3) is 0.333. The van der Waals surface area contributed by atoms with E-state index in [4.69, 9.17) is 21.6 Å². The Bertz CT molecular complexity index is 1800. The maximum atomic E-state index is 14.1. The summed E-state index contributed by atoms with van der Waals surface area (Å²) < 4.78 is 14.1. The number of hydrogen-bond donors (Lipinski definition) is 3. The van der Waals surface area contributed by atoms with Crippen molar-refractivity contribution in [3.63, 3.8) is 0 Å². The van der Waals surface area contributed by atoms with Crippen LogP contribution in [0.25, 0.3) is 44.6 Å². The molecule has 4 aromatic heterocycles. The summed E-state index contributed by atoms with van der Waals surface area (Å²) in [7, 11) is 0. The van der Waals surface area contributed by atoms with Gasteiger partial charge in [-0.05, 0) is 74.0 Å². The fourth-order valence-corrected chi connectivity index (χ4v) is 6.77. The van der Waals surface area contributed by atoms with Crippen molar-refractivity contribution in [3.8, 4) is 22.6 Å². The van der Waals surface area contributed by atoms with Gasteiger partial charge in [-0.25, -0.2) is 19.3 Å². The molecule has 1 saturated carbocycles. The Kier molecular flexibility index (Phi) is 5.39. The van der Waals surface area contributed by atoms with E-state index < -0.39 is 5.60 Å². The highest BCUT2D eigenvalue weighted by molar-refractivity contribution is 6.33. The standard InChI is InChI=1S/C30H27ClFN7O/c31-22-4-3-17(32)11-20(22)23-12-19-18(5-9-35-27(19)36-23)28-37-24-14-34-13-21(16-1-2-16)26(24)29(38-28)39-10-7-30(40)15-33-8-6-25(30)39/h3-5,9,11-14,16,25,33,40H,1-2,6-8,10,15H2,(H,35,36)/t25?,30-/m0/s1. The van der Waals surface area contributed by atoms with Gasteiger partial charge >= 0.3 is 0 Å². The fourth-order valence-electron chi connectivity index (χ4n) is 6.55. The molecule has 202 valence electrons. The predicted octanol–water partition coefficient (Wildman–Crippen LogP) is 5.21.